The summed E-state index contributed by atoms with van der Waals surface area (Å²) in [6.45, 7) is 4.41. The Bertz CT molecular complexity index is 582. The largest absolute Gasteiger partial charge is 1.00 e. The minimum Gasteiger partial charge on any atom is -1.00 e. The molecule has 1 unspecified atom stereocenters. The first kappa shape index (κ1) is 19.0. The number of halogens is 3. The van der Waals surface area contributed by atoms with Crippen LogP contribution in [0.4, 0.5) is 0 Å². The van der Waals surface area contributed by atoms with Crippen molar-refractivity contribution in [3.8, 4) is 11.1 Å². The predicted molar refractivity (Wildman–Crippen MR) is 63.2 cm³/mol. The second-order valence-electron chi connectivity index (χ2n) is 4.57. The summed E-state index contributed by atoms with van der Waals surface area (Å²) in [5.41, 5.74) is 8.66. The van der Waals surface area contributed by atoms with Gasteiger partial charge in [0, 0.05) is 0 Å². The molecule has 0 bridgehead atoms. The summed E-state index contributed by atoms with van der Waals surface area (Å²) in [5, 5.41) is 0. The molecule has 19 heavy (non-hydrogen) atoms. The van der Waals surface area contributed by atoms with Crippen LogP contribution in [-0.4, -0.2) is 0 Å². The molecule has 0 aromatic heterocycles. The van der Waals surface area contributed by atoms with Crippen LogP contribution in [0.3, 0.4) is 0 Å². The first-order chi connectivity index (χ1) is 7.68. The van der Waals surface area contributed by atoms with Gasteiger partial charge in [-0.2, -0.15) is 0 Å². The standard InChI is InChI=1S/C15H13.3ClH.Ti/c1-10-7-11(2)15-13(8-10)9-12-5-3-4-6-14(12)15;;;;/h3-9H,1-2H3;3*1H;/q;;;;+3/p-3. The van der Waals surface area contributed by atoms with Gasteiger partial charge in [-0.05, 0) is 0 Å². The normalized spacial score (nSPS) is 14.4. The topological polar surface area (TPSA) is 0 Å². The van der Waals surface area contributed by atoms with Crippen LogP contribution in [0.1, 0.15) is 26.5 Å². The zero-order chi connectivity index (χ0) is 11.3. The molecule has 0 saturated carbocycles. The quantitative estimate of drug-likeness (QED) is 0.419. The van der Waals surface area contributed by atoms with Gasteiger partial charge in [0.15, 0.2) is 0 Å². The van der Waals surface area contributed by atoms with Crippen LogP contribution in [0.5, 0.6) is 0 Å². The van der Waals surface area contributed by atoms with Crippen LogP contribution < -0.4 is 37.2 Å². The smallest absolute Gasteiger partial charge is 1.00 e. The third kappa shape index (κ3) is 3.04. The molecule has 0 nitrogen and oxygen atoms in total. The van der Waals surface area contributed by atoms with Gasteiger partial charge in [0.1, 0.15) is 0 Å². The molecule has 0 radical (unpaired) electrons. The Morgan fingerprint density at radius 1 is 0.895 bits per heavy atom. The molecule has 4 heteroatoms. The molecule has 1 aliphatic rings. The number of hydrogen-bond donors (Lipinski definition) is 0. The van der Waals surface area contributed by atoms with Crippen molar-refractivity contribution in [3.05, 3.63) is 58.7 Å². The molecule has 98 valence electrons. The number of aryl methyl sites for hydroxylation is 2. The van der Waals surface area contributed by atoms with Gasteiger partial charge in [0.2, 0.25) is 0 Å². The van der Waals surface area contributed by atoms with E-state index in [0.29, 0.717) is 4.22 Å². The van der Waals surface area contributed by atoms with Gasteiger partial charge in [-0.25, -0.2) is 0 Å². The van der Waals surface area contributed by atoms with Crippen molar-refractivity contribution in [2.75, 3.05) is 0 Å². The maximum Gasteiger partial charge on any atom is -1.00 e. The molecule has 0 N–H and O–H groups in total. The van der Waals surface area contributed by atoms with E-state index in [2.05, 4.69) is 70.7 Å². The molecule has 0 amide bonds. The Balaban J connectivity index is 0.00000108. The van der Waals surface area contributed by atoms with E-state index in [1.54, 1.807) is 0 Å². The molecule has 0 fully saturated rings. The van der Waals surface area contributed by atoms with E-state index in [4.69, 9.17) is 0 Å². The number of benzene rings is 2. The SMILES string of the molecule is Cc1cc(C)c2c(c1)[CH]([Ti+3])c1ccccc1-2.[Cl-].[Cl-].[Cl-]. The van der Waals surface area contributed by atoms with E-state index in [1.807, 2.05) is 0 Å². The van der Waals surface area contributed by atoms with E-state index in [-0.39, 0.29) is 37.2 Å². The molecule has 2 aromatic rings. The molecule has 0 spiro atoms. The summed E-state index contributed by atoms with van der Waals surface area (Å²) in [7, 11) is 0. The first-order valence-electron chi connectivity index (χ1n) is 5.60. The average molecular weight is 347 g/mol. The zero-order valence-electron chi connectivity index (χ0n) is 10.7. The molecule has 1 atom stereocenters. The number of rotatable bonds is 0. The van der Waals surface area contributed by atoms with Crippen LogP contribution in [0.2, 0.25) is 0 Å². The summed E-state index contributed by atoms with van der Waals surface area (Å²) < 4.78 is 0.546. The van der Waals surface area contributed by atoms with E-state index in [0.717, 1.165) is 0 Å². The molecular formula is C15H13Cl3Ti. The van der Waals surface area contributed by atoms with Crippen LogP contribution in [-0.2, 0) is 20.4 Å². The monoisotopic (exact) mass is 346 g/mol. The van der Waals surface area contributed by atoms with Gasteiger partial charge in [-0.15, -0.1) is 0 Å². The van der Waals surface area contributed by atoms with Crippen molar-refractivity contribution in [2.45, 2.75) is 18.1 Å². The molecule has 0 heterocycles. The number of hydrogen-bond acceptors (Lipinski definition) is 0. The predicted octanol–water partition coefficient (Wildman–Crippen LogP) is -5.07. The fourth-order valence-corrected chi connectivity index (χ4v) is 3.49. The van der Waals surface area contributed by atoms with Gasteiger partial charge in [0.05, 0.1) is 0 Å². The minimum absolute atomic E-state index is 0. The molecule has 1 aliphatic carbocycles. The summed E-state index contributed by atoms with van der Waals surface area (Å²) in [6.07, 6.45) is 0. The fourth-order valence-electron chi connectivity index (χ4n) is 2.74. The van der Waals surface area contributed by atoms with E-state index >= 15 is 0 Å². The summed E-state index contributed by atoms with van der Waals surface area (Å²) >= 11 is 2.31. The Morgan fingerprint density at radius 2 is 1.53 bits per heavy atom. The van der Waals surface area contributed by atoms with Crippen molar-refractivity contribution >= 4 is 0 Å². The Kier molecular flexibility index (Phi) is 7.16. The Hall–Kier alpha value is 0.0243. The van der Waals surface area contributed by atoms with Crippen LogP contribution in [0.25, 0.3) is 11.1 Å². The summed E-state index contributed by atoms with van der Waals surface area (Å²) in [6, 6.07) is 13.4. The first-order valence-corrected chi connectivity index (χ1v) is 6.50. The third-order valence-corrected chi connectivity index (χ3v) is 4.33. The van der Waals surface area contributed by atoms with Gasteiger partial charge < -0.3 is 37.2 Å². The second-order valence-corrected chi connectivity index (χ2v) is 5.47. The van der Waals surface area contributed by atoms with Crippen molar-refractivity contribution in [3.63, 3.8) is 0 Å². The van der Waals surface area contributed by atoms with E-state index in [1.165, 1.54) is 33.4 Å². The molecule has 0 saturated heterocycles. The van der Waals surface area contributed by atoms with Crippen molar-refractivity contribution in [1.29, 1.82) is 0 Å². The van der Waals surface area contributed by atoms with Gasteiger partial charge >= 0.3 is 108 Å². The van der Waals surface area contributed by atoms with E-state index in [9.17, 15) is 0 Å². The summed E-state index contributed by atoms with van der Waals surface area (Å²) in [4.78, 5) is 0. The van der Waals surface area contributed by atoms with Crippen molar-refractivity contribution in [1.82, 2.24) is 0 Å². The maximum absolute atomic E-state index is 2.34. The fraction of sp³-hybridized carbons (Fsp3) is 0.200. The van der Waals surface area contributed by atoms with Crippen molar-refractivity contribution < 1.29 is 57.7 Å². The maximum atomic E-state index is 2.34. The van der Waals surface area contributed by atoms with Gasteiger partial charge in [-0.3, -0.25) is 0 Å². The molecule has 3 rings (SSSR count). The average Bonchev–Trinajstić information content (AvgIpc) is 2.54. The van der Waals surface area contributed by atoms with E-state index < -0.39 is 0 Å². The Morgan fingerprint density at radius 3 is 2.21 bits per heavy atom. The molecular weight excluding hydrogens is 334 g/mol. The summed E-state index contributed by atoms with van der Waals surface area (Å²) in [5.74, 6) is 0. The van der Waals surface area contributed by atoms with Crippen LogP contribution >= 0.6 is 0 Å². The number of fused-ring (bicyclic) bond motifs is 3. The zero-order valence-corrected chi connectivity index (χ0v) is 14.5. The van der Waals surface area contributed by atoms with Gasteiger partial charge in [0.25, 0.3) is 0 Å². The van der Waals surface area contributed by atoms with Crippen molar-refractivity contribution in [2.24, 2.45) is 0 Å². The Labute approximate surface area is 145 Å². The van der Waals surface area contributed by atoms with Crippen LogP contribution in [0, 0.1) is 13.8 Å². The molecule has 0 aliphatic heterocycles. The van der Waals surface area contributed by atoms with Crippen LogP contribution in [0.15, 0.2) is 36.4 Å². The second kappa shape index (κ2) is 7.15. The third-order valence-electron chi connectivity index (χ3n) is 3.36. The molecule has 2 aromatic carbocycles. The van der Waals surface area contributed by atoms with Gasteiger partial charge in [-0.1, -0.05) is 0 Å². The minimum atomic E-state index is 0.